The number of amides is 1. The van der Waals surface area contributed by atoms with Gasteiger partial charge in [0.15, 0.2) is 0 Å². The molecule has 168 valence electrons. The van der Waals surface area contributed by atoms with Gasteiger partial charge < -0.3 is 14.6 Å². The summed E-state index contributed by atoms with van der Waals surface area (Å²) >= 11 is 0. The zero-order valence-corrected chi connectivity index (χ0v) is 18.5. The van der Waals surface area contributed by atoms with Crippen LogP contribution in [0.5, 0.6) is 0 Å². The molecule has 2 atom stereocenters. The van der Waals surface area contributed by atoms with Crippen molar-refractivity contribution >= 4 is 33.5 Å². The van der Waals surface area contributed by atoms with Crippen molar-refractivity contribution in [3.63, 3.8) is 0 Å². The number of nitrogens with zero attached hydrogens (tertiary/aromatic N) is 6. The van der Waals surface area contributed by atoms with Crippen LogP contribution in [0.3, 0.4) is 0 Å². The van der Waals surface area contributed by atoms with E-state index in [0.717, 1.165) is 29.3 Å². The van der Waals surface area contributed by atoms with Crippen molar-refractivity contribution in [2.75, 3.05) is 11.9 Å². The second kappa shape index (κ2) is 8.89. The highest BCUT2D eigenvalue weighted by Crippen LogP contribution is 2.34. The van der Waals surface area contributed by atoms with Crippen LogP contribution in [0.4, 0.5) is 5.69 Å². The summed E-state index contributed by atoms with van der Waals surface area (Å²) in [7, 11) is 0. The molecule has 1 aromatic carbocycles. The molecule has 9 heteroatoms. The molecule has 4 heterocycles. The number of nitrogens with one attached hydrogen (secondary N) is 1. The lowest BCUT2D eigenvalue weighted by molar-refractivity contribution is -0.115. The van der Waals surface area contributed by atoms with Crippen LogP contribution in [0, 0.1) is 22.7 Å². The van der Waals surface area contributed by atoms with E-state index < -0.39 is 0 Å². The molecule has 9 nitrogen and oxygen atoms in total. The molecule has 3 aromatic heterocycles. The van der Waals surface area contributed by atoms with E-state index in [1.807, 2.05) is 19.1 Å². The Labute approximate surface area is 195 Å². The van der Waals surface area contributed by atoms with Gasteiger partial charge in [0.1, 0.15) is 17.4 Å². The summed E-state index contributed by atoms with van der Waals surface area (Å²) in [6.07, 6.45) is 6.33. The number of aromatic nitrogens is 4. The molecule has 1 N–H and O–H groups in total. The Morgan fingerprint density at radius 3 is 2.91 bits per heavy atom. The van der Waals surface area contributed by atoms with Gasteiger partial charge in [0.2, 0.25) is 5.91 Å². The molecule has 1 saturated heterocycles. The van der Waals surface area contributed by atoms with Gasteiger partial charge in [0, 0.05) is 24.2 Å². The second-order valence-corrected chi connectivity index (χ2v) is 8.35. The Balaban J connectivity index is 1.61. The topological polar surface area (TPSA) is 130 Å². The van der Waals surface area contributed by atoms with E-state index in [0.29, 0.717) is 34.8 Å². The van der Waals surface area contributed by atoms with Gasteiger partial charge in [-0.2, -0.15) is 10.5 Å². The fourth-order valence-corrected chi connectivity index (χ4v) is 4.55. The third-order valence-electron chi connectivity index (χ3n) is 6.07. The Morgan fingerprint density at radius 1 is 1.24 bits per heavy atom. The van der Waals surface area contributed by atoms with Crippen LogP contribution in [0.2, 0.25) is 0 Å². The zero-order chi connectivity index (χ0) is 23.7. The molecule has 1 fully saturated rings. The first-order valence-electron chi connectivity index (χ1n) is 11.0. The normalized spacial score (nSPS) is 17.9. The molecule has 34 heavy (non-hydrogen) atoms. The Kier molecular flexibility index (Phi) is 5.62. The quantitative estimate of drug-likeness (QED) is 0.501. The van der Waals surface area contributed by atoms with Crippen molar-refractivity contribution < 1.29 is 9.53 Å². The van der Waals surface area contributed by atoms with Crippen LogP contribution in [0.1, 0.15) is 42.8 Å². The lowest BCUT2D eigenvalue weighted by atomic mass is 10.0. The van der Waals surface area contributed by atoms with Crippen LogP contribution < -0.4 is 5.32 Å². The van der Waals surface area contributed by atoms with Crippen LogP contribution >= 0.6 is 0 Å². The van der Waals surface area contributed by atoms with Crippen LogP contribution in [-0.4, -0.2) is 38.1 Å². The summed E-state index contributed by atoms with van der Waals surface area (Å²) in [6.45, 7) is 2.65. The molecule has 1 amide bonds. The molecule has 0 spiro atoms. The van der Waals surface area contributed by atoms with Gasteiger partial charge in [-0.15, -0.1) is 0 Å². The molecule has 0 saturated carbocycles. The van der Waals surface area contributed by atoms with Crippen molar-refractivity contribution in [2.45, 2.75) is 38.3 Å². The predicted molar refractivity (Wildman–Crippen MR) is 125 cm³/mol. The summed E-state index contributed by atoms with van der Waals surface area (Å²) in [5.41, 5.74) is 3.54. The predicted octanol–water partition coefficient (Wildman–Crippen LogP) is 3.64. The SMILES string of the molecule is C[C@@H]1C[C@H](n2c(CC(=O)Nc3cnccc3C#N)nc3cnc4ccc(C#N)cc4c32)CCO1. The molecule has 4 aromatic rings. The van der Waals surface area contributed by atoms with E-state index in [2.05, 4.69) is 32.0 Å². The summed E-state index contributed by atoms with van der Waals surface area (Å²) in [6, 6.07) is 11.3. The molecular weight excluding hydrogens is 430 g/mol. The van der Waals surface area contributed by atoms with E-state index in [9.17, 15) is 15.3 Å². The van der Waals surface area contributed by atoms with E-state index in [1.54, 1.807) is 18.3 Å². The van der Waals surface area contributed by atoms with Gasteiger partial charge in [0.25, 0.3) is 0 Å². The highest BCUT2D eigenvalue weighted by molar-refractivity contribution is 6.03. The first-order chi connectivity index (χ1) is 16.6. The van der Waals surface area contributed by atoms with Gasteiger partial charge in [-0.3, -0.25) is 14.8 Å². The summed E-state index contributed by atoms with van der Waals surface area (Å²) in [4.78, 5) is 26.3. The summed E-state index contributed by atoms with van der Waals surface area (Å²) < 4.78 is 7.88. The Morgan fingerprint density at radius 2 is 2.12 bits per heavy atom. The first kappa shape index (κ1) is 21.5. The maximum absolute atomic E-state index is 13.0. The number of anilines is 1. The van der Waals surface area contributed by atoms with Gasteiger partial charge in [-0.1, -0.05) is 0 Å². The number of nitriles is 2. The van der Waals surface area contributed by atoms with Gasteiger partial charge >= 0.3 is 0 Å². The number of imidazole rings is 1. The lowest BCUT2D eigenvalue weighted by Crippen LogP contribution is -2.27. The number of pyridine rings is 2. The third-order valence-corrected chi connectivity index (χ3v) is 6.07. The van der Waals surface area contributed by atoms with Gasteiger partial charge in [0.05, 0.1) is 58.8 Å². The standard InChI is InChI=1S/C25H21N7O2/c1-15-8-18(5-7-34-15)32-23(10-24(33)31-21-13-28-6-4-17(21)12-27)30-22-14-29-20-3-2-16(11-26)9-19(20)25(22)32/h2-4,6,9,13-15,18H,5,7-8,10H2,1H3,(H,31,33)/t15-,18-/m1/s1. The first-order valence-corrected chi connectivity index (χ1v) is 11.0. The van der Waals surface area contributed by atoms with Crippen LogP contribution in [0.15, 0.2) is 42.9 Å². The van der Waals surface area contributed by atoms with Crippen LogP contribution in [-0.2, 0) is 16.0 Å². The van der Waals surface area contributed by atoms with E-state index in [1.165, 1.54) is 12.4 Å². The van der Waals surface area contributed by atoms with Crippen molar-refractivity contribution in [1.82, 2.24) is 19.5 Å². The summed E-state index contributed by atoms with van der Waals surface area (Å²) in [5.74, 6) is 0.307. The molecule has 1 aliphatic rings. The molecule has 0 radical (unpaired) electrons. The molecule has 0 unspecified atom stereocenters. The monoisotopic (exact) mass is 451 g/mol. The third kappa shape index (κ3) is 3.94. The van der Waals surface area contributed by atoms with E-state index in [-0.39, 0.29) is 24.5 Å². The number of rotatable bonds is 4. The van der Waals surface area contributed by atoms with Crippen molar-refractivity contribution in [1.29, 1.82) is 10.5 Å². The number of carbonyl (C=O) groups is 1. The average Bonchev–Trinajstić information content (AvgIpc) is 3.22. The Bertz CT molecular complexity index is 1500. The maximum Gasteiger partial charge on any atom is 0.232 e. The smallest absolute Gasteiger partial charge is 0.232 e. The number of hydrogen-bond donors (Lipinski definition) is 1. The highest BCUT2D eigenvalue weighted by Gasteiger charge is 2.27. The second-order valence-electron chi connectivity index (χ2n) is 8.35. The molecule has 0 bridgehead atoms. The average molecular weight is 451 g/mol. The number of benzene rings is 1. The number of fused-ring (bicyclic) bond motifs is 3. The fraction of sp³-hybridized carbons (Fsp3) is 0.280. The highest BCUT2D eigenvalue weighted by atomic mass is 16.5. The number of hydrogen-bond acceptors (Lipinski definition) is 7. The van der Waals surface area contributed by atoms with Crippen LogP contribution in [0.25, 0.3) is 21.9 Å². The molecule has 0 aliphatic carbocycles. The lowest BCUT2D eigenvalue weighted by Gasteiger charge is -2.30. The number of carbonyl (C=O) groups excluding carboxylic acids is 1. The minimum absolute atomic E-state index is 0.0135. The minimum Gasteiger partial charge on any atom is -0.378 e. The van der Waals surface area contributed by atoms with Crippen molar-refractivity contribution in [3.05, 3.63) is 59.8 Å². The largest absolute Gasteiger partial charge is 0.378 e. The van der Waals surface area contributed by atoms with Crippen molar-refractivity contribution in [3.8, 4) is 12.1 Å². The maximum atomic E-state index is 13.0. The minimum atomic E-state index is -0.295. The molecular formula is C25H21N7O2. The molecule has 5 rings (SSSR count). The zero-order valence-electron chi connectivity index (χ0n) is 18.5. The molecule has 1 aliphatic heterocycles. The van der Waals surface area contributed by atoms with Gasteiger partial charge in [-0.25, -0.2) is 4.98 Å². The van der Waals surface area contributed by atoms with E-state index in [4.69, 9.17) is 9.72 Å². The Hall–Kier alpha value is -4.34. The summed E-state index contributed by atoms with van der Waals surface area (Å²) in [5, 5.41) is 22.4. The van der Waals surface area contributed by atoms with E-state index >= 15 is 0 Å². The fourth-order valence-electron chi connectivity index (χ4n) is 4.55. The van der Waals surface area contributed by atoms with Crippen molar-refractivity contribution in [2.24, 2.45) is 0 Å². The number of ether oxygens (including phenoxy) is 1. The van der Waals surface area contributed by atoms with Gasteiger partial charge in [-0.05, 0) is 44.0 Å².